The highest BCUT2D eigenvalue weighted by molar-refractivity contribution is 8.00. The van der Waals surface area contributed by atoms with Gasteiger partial charge in [0.25, 0.3) is 0 Å². The van der Waals surface area contributed by atoms with Crippen molar-refractivity contribution >= 4 is 23.7 Å². The molecule has 1 aliphatic rings. The van der Waals surface area contributed by atoms with Gasteiger partial charge in [0.05, 0.1) is 7.11 Å². The number of hydrogen-bond acceptors (Lipinski definition) is 7. The molecule has 94 valence electrons. The lowest BCUT2D eigenvalue weighted by atomic mass is 10.1. The molecule has 0 spiro atoms. The van der Waals surface area contributed by atoms with E-state index in [1.165, 1.54) is 25.7 Å². The largest absolute Gasteiger partial charge is 0.467 e. The molecule has 2 heterocycles. The Labute approximate surface area is 105 Å². The fourth-order valence-electron chi connectivity index (χ4n) is 1.78. The first-order valence-corrected chi connectivity index (χ1v) is 6.53. The molecule has 1 saturated heterocycles. The van der Waals surface area contributed by atoms with Crippen LogP contribution in [-0.4, -0.2) is 39.1 Å². The molecule has 0 radical (unpaired) electrons. The van der Waals surface area contributed by atoms with Gasteiger partial charge < -0.3 is 15.8 Å². The van der Waals surface area contributed by atoms with Gasteiger partial charge in [-0.15, -0.1) is 0 Å². The van der Waals surface area contributed by atoms with Gasteiger partial charge in [0.15, 0.2) is 0 Å². The minimum atomic E-state index is 0.170. The molecule has 1 aromatic heterocycles. The second-order valence-electron chi connectivity index (χ2n) is 4.26. The van der Waals surface area contributed by atoms with Crippen LogP contribution in [-0.2, 0) is 0 Å². The summed E-state index contributed by atoms with van der Waals surface area (Å²) in [6, 6.07) is 0.240. The molecule has 1 aliphatic heterocycles. The Balaban J connectivity index is 2.00. The zero-order chi connectivity index (χ0) is 12.3. The van der Waals surface area contributed by atoms with Gasteiger partial charge in [-0.3, -0.25) is 0 Å². The summed E-state index contributed by atoms with van der Waals surface area (Å²) >= 11 is 1.98. The van der Waals surface area contributed by atoms with Crippen LogP contribution in [0, 0.1) is 0 Å². The topological polar surface area (TPSA) is 86.0 Å². The zero-order valence-corrected chi connectivity index (χ0v) is 10.9. The normalized spacial score (nSPS) is 23.6. The number of thioether (sulfide) groups is 1. The third kappa shape index (κ3) is 3.12. The van der Waals surface area contributed by atoms with Gasteiger partial charge in [-0.05, 0) is 25.5 Å². The van der Waals surface area contributed by atoms with E-state index in [1.807, 2.05) is 11.8 Å². The quantitative estimate of drug-likeness (QED) is 0.834. The Bertz CT molecular complexity index is 394. The fraction of sp³-hybridized carbons (Fsp3) is 0.700. The van der Waals surface area contributed by atoms with Crippen molar-refractivity contribution in [1.82, 2.24) is 15.0 Å². The van der Waals surface area contributed by atoms with E-state index >= 15 is 0 Å². The van der Waals surface area contributed by atoms with Gasteiger partial charge in [-0.25, -0.2) is 0 Å². The summed E-state index contributed by atoms with van der Waals surface area (Å²) in [4.78, 5) is 12.0. The highest BCUT2D eigenvalue weighted by Crippen LogP contribution is 2.37. The van der Waals surface area contributed by atoms with Gasteiger partial charge in [-0.2, -0.15) is 26.7 Å². The number of methoxy groups -OCH3 is 1. The summed E-state index contributed by atoms with van der Waals surface area (Å²) < 4.78 is 5.20. The molecule has 2 rings (SSSR count). The number of hydrogen-bond donors (Lipinski definition) is 2. The van der Waals surface area contributed by atoms with E-state index in [0.717, 1.165) is 6.54 Å². The summed E-state index contributed by atoms with van der Waals surface area (Å²) in [5.74, 6) is 1.87. The molecule has 0 aliphatic carbocycles. The number of nitrogen functional groups attached to an aromatic ring is 1. The van der Waals surface area contributed by atoms with Crippen molar-refractivity contribution in [1.29, 1.82) is 0 Å². The molecule has 0 aromatic carbocycles. The number of nitrogens with one attached hydrogen (secondary N) is 1. The van der Waals surface area contributed by atoms with Crippen LogP contribution in [0.4, 0.5) is 11.9 Å². The molecule has 6 nitrogen and oxygen atoms in total. The van der Waals surface area contributed by atoms with Crippen LogP contribution in [0.25, 0.3) is 0 Å². The highest BCUT2D eigenvalue weighted by atomic mass is 32.2. The van der Waals surface area contributed by atoms with Crippen LogP contribution in [0.3, 0.4) is 0 Å². The molecule has 1 unspecified atom stereocenters. The summed E-state index contributed by atoms with van der Waals surface area (Å²) in [7, 11) is 1.51. The molecule has 0 saturated carbocycles. The Morgan fingerprint density at radius 1 is 1.47 bits per heavy atom. The summed E-state index contributed by atoms with van der Waals surface area (Å²) in [5.41, 5.74) is 5.56. The molecule has 0 bridgehead atoms. The maximum atomic E-state index is 5.56. The molecule has 1 atom stereocenters. The van der Waals surface area contributed by atoms with Crippen LogP contribution >= 0.6 is 11.8 Å². The average molecular weight is 255 g/mol. The average Bonchev–Trinajstić information content (AvgIpc) is 2.73. The Morgan fingerprint density at radius 3 is 2.94 bits per heavy atom. The van der Waals surface area contributed by atoms with Crippen LogP contribution in [0.2, 0.25) is 0 Å². The molecule has 7 heteroatoms. The van der Waals surface area contributed by atoms with E-state index in [0.29, 0.717) is 5.95 Å². The van der Waals surface area contributed by atoms with Crippen molar-refractivity contribution in [2.75, 3.05) is 30.5 Å². The van der Waals surface area contributed by atoms with Crippen LogP contribution < -0.4 is 15.8 Å². The third-order valence-electron chi connectivity index (χ3n) is 2.74. The van der Waals surface area contributed by atoms with Crippen molar-refractivity contribution < 1.29 is 4.74 Å². The number of anilines is 2. The van der Waals surface area contributed by atoms with Crippen molar-refractivity contribution in [2.45, 2.75) is 24.5 Å². The van der Waals surface area contributed by atoms with Crippen LogP contribution in [0.1, 0.15) is 19.8 Å². The molecule has 17 heavy (non-hydrogen) atoms. The van der Waals surface area contributed by atoms with Crippen molar-refractivity contribution in [2.24, 2.45) is 0 Å². The number of rotatable bonds is 4. The summed E-state index contributed by atoms with van der Waals surface area (Å²) in [5, 5.41) is 3.20. The van der Waals surface area contributed by atoms with Gasteiger partial charge in [-0.1, -0.05) is 0 Å². The van der Waals surface area contributed by atoms with Gasteiger partial charge >= 0.3 is 6.01 Å². The number of aromatic nitrogens is 3. The van der Waals surface area contributed by atoms with Crippen LogP contribution in [0.5, 0.6) is 6.01 Å². The Morgan fingerprint density at radius 2 is 2.29 bits per heavy atom. The van der Waals surface area contributed by atoms with E-state index in [9.17, 15) is 0 Å². The number of ether oxygens (including phenoxy) is 1. The Hall–Kier alpha value is -1.24. The molecule has 1 aromatic rings. The first-order chi connectivity index (χ1) is 8.11. The fourth-order valence-corrected chi connectivity index (χ4v) is 3.03. The second-order valence-corrected chi connectivity index (χ2v) is 5.94. The first kappa shape index (κ1) is 12.2. The maximum absolute atomic E-state index is 5.56. The lowest BCUT2D eigenvalue weighted by molar-refractivity contribution is 0.379. The highest BCUT2D eigenvalue weighted by Gasteiger charge is 2.29. The first-order valence-electron chi connectivity index (χ1n) is 5.55. The summed E-state index contributed by atoms with van der Waals surface area (Å²) in [6.07, 6.45) is 2.48. The molecular weight excluding hydrogens is 238 g/mol. The van der Waals surface area contributed by atoms with E-state index in [2.05, 4.69) is 27.2 Å². The van der Waals surface area contributed by atoms with E-state index in [4.69, 9.17) is 10.5 Å². The minimum Gasteiger partial charge on any atom is -0.467 e. The zero-order valence-electron chi connectivity index (χ0n) is 10.1. The maximum Gasteiger partial charge on any atom is 0.322 e. The number of nitrogens with two attached hydrogens (primary N) is 1. The summed E-state index contributed by atoms with van der Waals surface area (Å²) in [6.45, 7) is 3.07. The lowest BCUT2D eigenvalue weighted by Gasteiger charge is -2.22. The lowest BCUT2D eigenvalue weighted by Crippen LogP contribution is -2.28. The predicted octanol–water partition coefficient (Wildman–Crippen LogP) is 1.16. The van der Waals surface area contributed by atoms with E-state index < -0.39 is 0 Å². The molecule has 0 amide bonds. The van der Waals surface area contributed by atoms with Gasteiger partial charge in [0, 0.05) is 11.3 Å². The smallest absolute Gasteiger partial charge is 0.322 e. The van der Waals surface area contributed by atoms with Crippen LogP contribution in [0.15, 0.2) is 0 Å². The van der Waals surface area contributed by atoms with Gasteiger partial charge in [0.2, 0.25) is 11.9 Å². The SMILES string of the molecule is COc1nc(N)nc(NCC2(C)CCCS2)n1. The van der Waals surface area contributed by atoms with E-state index in [1.54, 1.807) is 0 Å². The van der Waals surface area contributed by atoms with Crippen molar-refractivity contribution in [3.8, 4) is 6.01 Å². The van der Waals surface area contributed by atoms with Crippen molar-refractivity contribution in [3.05, 3.63) is 0 Å². The standard InChI is InChI=1S/C10H17N5OS/c1-10(4-3-5-17-10)6-12-8-13-7(11)14-9(15-8)16-2/h3-6H2,1-2H3,(H3,11,12,13,14,15). The second kappa shape index (κ2) is 4.95. The predicted molar refractivity (Wildman–Crippen MR) is 69.4 cm³/mol. The molecule has 1 fully saturated rings. The van der Waals surface area contributed by atoms with E-state index in [-0.39, 0.29) is 16.7 Å². The van der Waals surface area contributed by atoms with Crippen molar-refractivity contribution in [3.63, 3.8) is 0 Å². The molecular formula is C10H17N5OS. The third-order valence-corrected chi connectivity index (χ3v) is 4.27. The molecule has 3 N–H and O–H groups in total. The minimum absolute atomic E-state index is 0.170. The number of nitrogens with zero attached hydrogens (tertiary/aromatic N) is 3. The van der Waals surface area contributed by atoms with Gasteiger partial charge in [0.1, 0.15) is 0 Å². The Kier molecular flexibility index (Phi) is 3.56. The monoisotopic (exact) mass is 255 g/mol.